The van der Waals surface area contributed by atoms with Gasteiger partial charge in [0.15, 0.2) is 0 Å². The molecule has 3 rings (SSSR count). The van der Waals surface area contributed by atoms with Gasteiger partial charge in [-0.2, -0.15) is 0 Å². The summed E-state index contributed by atoms with van der Waals surface area (Å²) in [5.74, 6) is 0. The van der Waals surface area contributed by atoms with E-state index < -0.39 is 0 Å². The van der Waals surface area contributed by atoms with Crippen LogP contribution in [0, 0.1) is 0 Å². The Bertz CT molecular complexity index is 614. The lowest BCUT2D eigenvalue weighted by Crippen LogP contribution is -2.31. The predicted molar refractivity (Wildman–Crippen MR) is 88.8 cm³/mol. The SMILES string of the molecule is C=C(NS)C1(CCC)c2ccccc2-c2ccccc21. The fraction of sp³-hybridized carbons (Fsp3) is 0.222. The minimum Gasteiger partial charge on any atom is -0.335 e. The monoisotopic (exact) mass is 281 g/mol. The van der Waals surface area contributed by atoms with Gasteiger partial charge in [0.25, 0.3) is 0 Å². The van der Waals surface area contributed by atoms with Crippen molar-refractivity contribution in [2.24, 2.45) is 0 Å². The van der Waals surface area contributed by atoms with E-state index in [0.717, 1.165) is 18.5 Å². The zero-order chi connectivity index (χ0) is 14.2. The summed E-state index contributed by atoms with van der Waals surface area (Å²) < 4.78 is 3.01. The standard InChI is InChI=1S/C18H19NS/c1-3-12-18(13(2)19-20)16-10-6-4-8-14(16)15-9-5-7-11-17(15)18/h4-11,19-20H,2-3,12H2,1H3. The van der Waals surface area contributed by atoms with E-state index in [9.17, 15) is 0 Å². The highest BCUT2D eigenvalue weighted by Gasteiger charge is 2.44. The molecule has 0 radical (unpaired) electrons. The fourth-order valence-electron chi connectivity index (χ4n) is 3.54. The third kappa shape index (κ3) is 1.64. The fourth-order valence-corrected chi connectivity index (χ4v) is 3.73. The van der Waals surface area contributed by atoms with Gasteiger partial charge >= 0.3 is 0 Å². The van der Waals surface area contributed by atoms with Crippen LogP contribution in [-0.2, 0) is 5.41 Å². The molecular weight excluding hydrogens is 262 g/mol. The second-order valence-corrected chi connectivity index (χ2v) is 5.56. The Morgan fingerprint density at radius 2 is 1.55 bits per heavy atom. The Balaban J connectivity index is 2.36. The van der Waals surface area contributed by atoms with Crippen molar-refractivity contribution in [3.8, 4) is 11.1 Å². The first kappa shape index (κ1) is 13.3. The van der Waals surface area contributed by atoms with E-state index in [0.29, 0.717) is 0 Å². The van der Waals surface area contributed by atoms with Crippen LogP contribution in [0.1, 0.15) is 30.9 Å². The third-order valence-corrected chi connectivity index (χ3v) is 4.61. The van der Waals surface area contributed by atoms with Crippen molar-refractivity contribution in [3.63, 3.8) is 0 Å². The summed E-state index contributed by atoms with van der Waals surface area (Å²) in [5, 5.41) is 0. The van der Waals surface area contributed by atoms with Crippen LogP contribution in [-0.4, -0.2) is 0 Å². The number of allylic oxidation sites excluding steroid dienone is 1. The molecule has 1 aliphatic carbocycles. The van der Waals surface area contributed by atoms with Gasteiger partial charge in [0.05, 0.1) is 5.41 Å². The normalized spacial score (nSPS) is 14.5. The number of hydrogen-bond acceptors (Lipinski definition) is 2. The van der Waals surface area contributed by atoms with Crippen molar-refractivity contribution in [3.05, 3.63) is 71.9 Å². The molecule has 0 amide bonds. The summed E-state index contributed by atoms with van der Waals surface area (Å²) >= 11 is 4.27. The van der Waals surface area contributed by atoms with Gasteiger partial charge in [0.2, 0.25) is 0 Å². The molecule has 0 unspecified atom stereocenters. The van der Waals surface area contributed by atoms with Gasteiger partial charge in [0, 0.05) is 5.70 Å². The molecule has 0 saturated carbocycles. The van der Waals surface area contributed by atoms with Crippen molar-refractivity contribution in [2.45, 2.75) is 25.2 Å². The Labute approximate surface area is 126 Å². The number of thiol groups is 1. The molecule has 0 saturated heterocycles. The van der Waals surface area contributed by atoms with Crippen molar-refractivity contribution >= 4 is 12.8 Å². The first-order valence-electron chi connectivity index (χ1n) is 7.04. The molecule has 2 heteroatoms. The predicted octanol–water partition coefficient (Wildman–Crippen LogP) is 4.70. The van der Waals surface area contributed by atoms with E-state index in [1.54, 1.807) is 0 Å². The molecule has 0 atom stereocenters. The molecule has 20 heavy (non-hydrogen) atoms. The smallest absolute Gasteiger partial charge is 0.0612 e. The second-order valence-electron chi connectivity index (χ2n) is 5.34. The van der Waals surface area contributed by atoms with Crippen molar-refractivity contribution in [1.82, 2.24) is 4.72 Å². The third-order valence-electron chi connectivity index (χ3n) is 4.34. The van der Waals surface area contributed by atoms with Gasteiger partial charge in [-0.05, 0) is 28.7 Å². The number of hydrogen-bond donors (Lipinski definition) is 2. The zero-order valence-corrected chi connectivity index (χ0v) is 12.6. The topological polar surface area (TPSA) is 12.0 Å². The van der Waals surface area contributed by atoms with E-state index in [1.807, 2.05) is 0 Å². The molecule has 2 aromatic carbocycles. The molecule has 0 spiro atoms. The highest BCUT2D eigenvalue weighted by Crippen LogP contribution is 2.53. The van der Waals surface area contributed by atoms with Crippen LogP contribution in [0.4, 0.5) is 0 Å². The van der Waals surface area contributed by atoms with E-state index in [1.165, 1.54) is 22.3 Å². The van der Waals surface area contributed by atoms with Gasteiger partial charge < -0.3 is 4.72 Å². The molecule has 1 aliphatic rings. The maximum atomic E-state index is 4.27. The van der Waals surface area contributed by atoms with Crippen LogP contribution in [0.15, 0.2) is 60.8 Å². The molecule has 2 aromatic rings. The molecule has 102 valence electrons. The minimum atomic E-state index is -0.163. The molecule has 0 aromatic heterocycles. The molecule has 1 nitrogen and oxygen atoms in total. The van der Waals surface area contributed by atoms with Gasteiger partial charge in [-0.1, -0.05) is 81.3 Å². The lowest BCUT2D eigenvalue weighted by molar-refractivity contribution is 0.540. The van der Waals surface area contributed by atoms with Gasteiger partial charge in [-0.3, -0.25) is 0 Å². The number of rotatable bonds is 4. The second kappa shape index (κ2) is 5.02. The van der Waals surface area contributed by atoms with Gasteiger partial charge in [0.1, 0.15) is 0 Å². The maximum absolute atomic E-state index is 4.27. The van der Waals surface area contributed by atoms with Crippen LogP contribution in [0.25, 0.3) is 11.1 Å². The van der Waals surface area contributed by atoms with E-state index in [4.69, 9.17) is 0 Å². The number of nitrogens with one attached hydrogen (secondary N) is 1. The summed E-state index contributed by atoms with van der Waals surface area (Å²) in [6, 6.07) is 17.3. The van der Waals surface area contributed by atoms with Crippen LogP contribution in [0.2, 0.25) is 0 Å². The summed E-state index contributed by atoms with van der Waals surface area (Å²) in [6.45, 7) is 6.48. The summed E-state index contributed by atoms with van der Waals surface area (Å²) in [5.41, 5.74) is 6.12. The van der Waals surface area contributed by atoms with Crippen molar-refractivity contribution in [2.75, 3.05) is 0 Å². The Morgan fingerprint density at radius 3 is 2.00 bits per heavy atom. The van der Waals surface area contributed by atoms with E-state index >= 15 is 0 Å². The molecule has 0 heterocycles. The quantitative estimate of drug-likeness (QED) is 0.774. The molecule has 0 bridgehead atoms. The highest BCUT2D eigenvalue weighted by molar-refractivity contribution is 7.78. The average molecular weight is 281 g/mol. The Hall–Kier alpha value is -1.67. The molecule has 0 aliphatic heterocycles. The van der Waals surface area contributed by atoms with E-state index in [2.05, 4.69) is 79.6 Å². The Morgan fingerprint density at radius 1 is 1.05 bits per heavy atom. The van der Waals surface area contributed by atoms with Gasteiger partial charge in [-0.15, -0.1) is 0 Å². The number of benzene rings is 2. The van der Waals surface area contributed by atoms with E-state index in [-0.39, 0.29) is 5.41 Å². The van der Waals surface area contributed by atoms with Crippen LogP contribution < -0.4 is 4.72 Å². The highest BCUT2D eigenvalue weighted by atomic mass is 32.1. The largest absolute Gasteiger partial charge is 0.335 e. The first-order valence-corrected chi connectivity index (χ1v) is 7.49. The average Bonchev–Trinajstić information content (AvgIpc) is 2.79. The molecule has 1 N–H and O–H groups in total. The minimum absolute atomic E-state index is 0.163. The first-order chi connectivity index (χ1) is 9.75. The Kier molecular flexibility index (Phi) is 3.35. The lowest BCUT2D eigenvalue weighted by atomic mass is 9.72. The van der Waals surface area contributed by atoms with Crippen molar-refractivity contribution in [1.29, 1.82) is 0 Å². The lowest BCUT2D eigenvalue weighted by Gasteiger charge is -2.33. The van der Waals surface area contributed by atoms with Crippen LogP contribution in [0.3, 0.4) is 0 Å². The maximum Gasteiger partial charge on any atom is 0.0612 e. The van der Waals surface area contributed by atoms with Gasteiger partial charge in [-0.25, -0.2) is 0 Å². The molecular formula is C18H19NS. The summed E-state index contributed by atoms with van der Waals surface area (Å²) in [7, 11) is 0. The van der Waals surface area contributed by atoms with Crippen LogP contribution in [0.5, 0.6) is 0 Å². The summed E-state index contributed by atoms with van der Waals surface area (Å²) in [4.78, 5) is 0. The zero-order valence-electron chi connectivity index (χ0n) is 11.7. The molecule has 0 fully saturated rings. The summed E-state index contributed by atoms with van der Waals surface area (Å²) in [6.07, 6.45) is 2.13. The van der Waals surface area contributed by atoms with Crippen molar-refractivity contribution < 1.29 is 0 Å². The number of fused-ring (bicyclic) bond motifs is 3. The van der Waals surface area contributed by atoms with Crippen LogP contribution >= 0.6 is 12.8 Å².